The fraction of sp³-hybridized carbons (Fsp3) is 0.0323. The summed E-state index contributed by atoms with van der Waals surface area (Å²) < 4.78 is 0. The number of fused-ring (bicyclic) bond motifs is 3. The zero-order valence-electron chi connectivity index (χ0n) is 36.6. The first-order valence-corrected chi connectivity index (χ1v) is 25.5. The number of hydrogen-bond acceptors (Lipinski definition) is 2. The quantitative estimate of drug-likeness (QED) is 0.127. The van der Waals surface area contributed by atoms with Gasteiger partial charge in [0.05, 0.1) is 0 Å². The summed E-state index contributed by atoms with van der Waals surface area (Å²) in [6.07, 6.45) is 0. The van der Waals surface area contributed by atoms with E-state index in [2.05, 4.69) is 278 Å². The van der Waals surface area contributed by atoms with Crippen molar-refractivity contribution in [2.45, 2.75) is 13.1 Å². The van der Waals surface area contributed by atoms with Gasteiger partial charge in [-0.3, -0.25) is 0 Å². The summed E-state index contributed by atoms with van der Waals surface area (Å²) in [5.41, 5.74) is 19.4. The molecule has 11 rings (SSSR count). The van der Waals surface area contributed by atoms with Crippen molar-refractivity contribution in [3.63, 3.8) is 0 Å². The van der Waals surface area contributed by atoms with Crippen molar-refractivity contribution in [2.24, 2.45) is 0 Å². The van der Waals surface area contributed by atoms with Crippen molar-refractivity contribution in [3.8, 4) is 55.6 Å². The van der Waals surface area contributed by atoms with Crippen LogP contribution in [0.5, 0.6) is 0 Å². The van der Waals surface area contributed by atoms with Crippen LogP contribution < -0.4 is 20.2 Å². The van der Waals surface area contributed by atoms with Crippen molar-refractivity contribution in [1.82, 2.24) is 0 Å². The molecule has 1 heterocycles. The number of para-hydroxylation sites is 2. The van der Waals surface area contributed by atoms with E-state index in [1.165, 1.54) is 66.0 Å². The van der Waals surface area contributed by atoms with Gasteiger partial charge in [-0.2, -0.15) is 0 Å². The zero-order valence-corrected chi connectivity index (χ0v) is 37.6. The van der Waals surface area contributed by atoms with Gasteiger partial charge in [0.1, 0.15) is 8.07 Å². The van der Waals surface area contributed by atoms with Crippen LogP contribution in [0, 0.1) is 0 Å². The molecule has 0 aromatic heterocycles. The van der Waals surface area contributed by atoms with E-state index in [0.717, 1.165) is 34.1 Å². The highest BCUT2D eigenvalue weighted by molar-refractivity contribution is 7.04. The molecule has 310 valence electrons. The standard InChI is InChI=1S/C62H48N2Si/c1-65(2)60-25-15-24-58(50-32-41-57(42-33-50)64(53-22-13-6-14-23-53)55-37-28-48(29-38-55)46-18-9-4-10-19-46)62(60)59-43-34-51(44-61(59)65)49-30-39-56(40-31-49)63(52-20-11-5-12-21-52)54-35-26-47(27-36-54)45-16-7-3-8-17-45/h3-44H,1-2H3. The van der Waals surface area contributed by atoms with Crippen LogP contribution in [0.15, 0.2) is 255 Å². The summed E-state index contributed by atoms with van der Waals surface area (Å²) in [4.78, 5) is 4.68. The molecule has 0 radical (unpaired) electrons. The van der Waals surface area contributed by atoms with Gasteiger partial charge < -0.3 is 9.80 Å². The average Bonchev–Trinajstić information content (AvgIpc) is 3.61. The van der Waals surface area contributed by atoms with Gasteiger partial charge in [-0.15, -0.1) is 0 Å². The average molecular weight is 849 g/mol. The van der Waals surface area contributed by atoms with Crippen LogP contribution in [0.1, 0.15) is 0 Å². The fourth-order valence-corrected chi connectivity index (χ4v) is 12.8. The van der Waals surface area contributed by atoms with E-state index in [4.69, 9.17) is 0 Å². The first-order valence-electron chi connectivity index (χ1n) is 22.5. The second-order valence-corrected chi connectivity index (χ2v) is 21.7. The topological polar surface area (TPSA) is 6.48 Å². The van der Waals surface area contributed by atoms with Gasteiger partial charge in [0.15, 0.2) is 0 Å². The number of hydrogen-bond donors (Lipinski definition) is 0. The molecular weight excluding hydrogens is 801 g/mol. The van der Waals surface area contributed by atoms with E-state index >= 15 is 0 Å². The molecule has 0 spiro atoms. The highest BCUT2D eigenvalue weighted by atomic mass is 28.3. The minimum absolute atomic E-state index is 1.12. The molecule has 10 aromatic carbocycles. The molecule has 0 bridgehead atoms. The summed E-state index contributed by atoms with van der Waals surface area (Å²) in [7, 11) is -2.02. The van der Waals surface area contributed by atoms with Crippen LogP contribution in [-0.4, -0.2) is 8.07 Å². The second-order valence-electron chi connectivity index (χ2n) is 17.4. The Bertz CT molecular complexity index is 3220. The van der Waals surface area contributed by atoms with Crippen LogP contribution in [0.2, 0.25) is 13.1 Å². The number of anilines is 6. The molecule has 1 aliphatic heterocycles. The maximum atomic E-state index is 2.51. The maximum Gasteiger partial charge on any atom is 0.113 e. The van der Waals surface area contributed by atoms with Gasteiger partial charge in [0.2, 0.25) is 0 Å². The molecule has 0 fully saturated rings. The first kappa shape index (κ1) is 39.8. The molecule has 0 unspecified atom stereocenters. The minimum atomic E-state index is -2.02. The third kappa shape index (κ3) is 7.56. The van der Waals surface area contributed by atoms with Crippen LogP contribution in [-0.2, 0) is 0 Å². The summed E-state index contributed by atoms with van der Waals surface area (Å²) in [5, 5.41) is 3.00. The zero-order chi connectivity index (χ0) is 43.7. The Hall–Kier alpha value is -7.98. The van der Waals surface area contributed by atoms with E-state index in [1.807, 2.05) is 0 Å². The van der Waals surface area contributed by atoms with Gasteiger partial charge in [0.25, 0.3) is 0 Å². The molecule has 1 aliphatic rings. The smallest absolute Gasteiger partial charge is 0.113 e. The van der Waals surface area contributed by atoms with E-state index in [1.54, 1.807) is 0 Å². The van der Waals surface area contributed by atoms with Gasteiger partial charge in [-0.1, -0.05) is 195 Å². The Balaban J connectivity index is 0.897. The molecule has 65 heavy (non-hydrogen) atoms. The molecule has 2 nitrogen and oxygen atoms in total. The lowest BCUT2D eigenvalue weighted by atomic mass is 9.93. The molecule has 0 amide bonds. The predicted octanol–water partition coefficient (Wildman–Crippen LogP) is 16.1. The molecule has 3 heteroatoms. The lowest BCUT2D eigenvalue weighted by molar-refractivity contribution is 1.28. The molecule has 0 saturated heterocycles. The lowest BCUT2D eigenvalue weighted by Gasteiger charge is -2.26. The SMILES string of the molecule is C[Si]1(C)c2cc(-c3ccc(N(c4ccccc4)c4ccc(-c5ccccc5)cc4)cc3)ccc2-c2c(-c3ccc(N(c4ccccc4)c4ccc(-c5ccccc5)cc4)cc3)cccc21. The fourth-order valence-electron chi connectivity index (χ4n) is 9.72. The van der Waals surface area contributed by atoms with Crippen molar-refractivity contribution >= 4 is 52.6 Å². The van der Waals surface area contributed by atoms with E-state index in [0.29, 0.717) is 0 Å². The summed E-state index contributed by atoms with van der Waals surface area (Å²) in [6, 6.07) is 92.6. The molecule has 0 aliphatic carbocycles. The van der Waals surface area contributed by atoms with Crippen molar-refractivity contribution in [2.75, 3.05) is 9.80 Å². The van der Waals surface area contributed by atoms with Crippen molar-refractivity contribution < 1.29 is 0 Å². The Kier molecular flexibility index (Phi) is 10.4. The third-order valence-electron chi connectivity index (χ3n) is 13.1. The largest absolute Gasteiger partial charge is 0.311 e. The van der Waals surface area contributed by atoms with Crippen LogP contribution >= 0.6 is 0 Å². The number of nitrogens with zero attached hydrogens (tertiary/aromatic N) is 2. The molecule has 10 aromatic rings. The Morgan fingerprint density at radius 1 is 0.246 bits per heavy atom. The second kappa shape index (κ2) is 16.9. The van der Waals surface area contributed by atoms with E-state index in [-0.39, 0.29) is 0 Å². The number of benzene rings is 10. The lowest BCUT2D eigenvalue weighted by Crippen LogP contribution is -2.49. The highest BCUT2D eigenvalue weighted by Crippen LogP contribution is 2.42. The Morgan fingerprint density at radius 3 is 1.02 bits per heavy atom. The van der Waals surface area contributed by atoms with Crippen molar-refractivity contribution in [1.29, 1.82) is 0 Å². The number of rotatable bonds is 10. The molecule has 0 atom stereocenters. The predicted molar refractivity (Wildman–Crippen MR) is 280 cm³/mol. The van der Waals surface area contributed by atoms with Crippen LogP contribution in [0.25, 0.3) is 55.6 Å². The third-order valence-corrected chi connectivity index (χ3v) is 16.6. The van der Waals surface area contributed by atoms with Crippen molar-refractivity contribution in [3.05, 3.63) is 255 Å². The Labute approximate surface area is 384 Å². The normalized spacial score (nSPS) is 12.3. The molecular formula is C62H48N2Si. The monoisotopic (exact) mass is 848 g/mol. The van der Waals surface area contributed by atoms with Gasteiger partial charge in [-0.25, -0.2) is 0 Å². The summed E-state index contributed by atoms with van der Waals surface area (Å²) in [6.45, 7) is 5.03. The molecule has 0 saturated carbocycles. The van der Waals surface area contributed by atoms with Gasteiger partial charge in [0, 0.05) is 34.1 Å². The molecule has 0 N–H and O–H groups in total. The first-order chi connectivity index (χ1) is 32.0. The van der Waals surface area contributed by atoms with Crippen LogP contribution in [0.4, 0.5) is 34.1 Å². The highest BCUT2D eigenvalue weighted by Gasteiger charge is 2.39. The summed E-state index contributed by atoms with van der Waals surface area (Å²) >= 11 is 0. The minimum Gasteiger partial charge on any atom is -0.311 e. The van der Waals surface area contributed by atoms with Gasteiger partial charge >= 0.3 is 0 Å². The van der Waals surface area contributed by atoms with E-state index in [9.17, 15) is 0 Å². The van der Waals surface area contributed by atoms with Gasteiger partial charge in [-0.05, 0) is 139 Å². The Morgan fingerprint density at radius 2 is 0.585 bits per heavy atom. The summed E-state index contributed by atoms with van der Waals surface area (Å²) in [5.74, 6) is 0. The van der Waals surface area contributed by atoms with E-state index < -0.39 is 8.07 Å². The maximum absolute atomic E-state index is 2.51. The van der Waals surface area contributed by atoms with Crippen LogP contribution in [0.3, 0.4) is 0 Å².